The van der Waals surface area contributed by atoms with Gasteiger partial charge in [0.2, 0.25) is 0 Å². The van der Waals surface area contributed by atoms with Crippen LogP contribution >= 0.6 is 24.0 Å². The van der Waals surface area contributed by atoms with E-state index in [0.29, 0.717) is 24.6 Å². The summed E-state index contributed by atoms with van der Waals surface area (Å²) in [6, 6.07) is 10.7. The summed E-state index contributed by atoms with van der Waals surface area (Å²) < 4.78 is 5.06. The zero-order valence-electron chi connectivity index (χ0n) is 15.8. The third kappa shape index (κ3) is 5.54. The topological polar surface area (TPSA) is 93.3 Å². The lowest BCUT2D eigenvalue weighted by atomic mass is 10.2. The van der Waals surface area contributed by atoms with E-state index in [1.54, 1.807) is 25.2 Å². The van der Waals surface area contributed by atoms with Crippen LogP contribution in [0.5, 0.6) is 5.75 Å². The quantitative estimate of drug-likeness (QED) is 0.251. The van der Waals surface area contributed by atoms with E-state index < -0.39 is 0 Å². The molecule has 0 saturated carbocycles. The van der Waals surface area contributed by atoms with Crippen LogP contribution in [0.4, 0.5) is 5.69 Å². The molecular weight excluding hydrogens is 473 g/mol. The molecule has 9 heteroatoms. The minimum absolute atomic E-state index is 0. The van der Waals surface area contributed by atoms with Crippen LogP contribution in [-0.4, -0.2) is 68.2 Å². The van der Waals surface area contributed by atoms with Crippen molar-refractivity contribution in [3.8, 4) is 5.75 Å². The van der Waals surface area contributed by atoms with Crippen molar-refractivity contribution in [2.45, 2.75) is 0 Å². The summed E-state index contributed by atoms with van der Waals surface area (Å²) in [5.41, 5.74) is 0.862. The summed E-state index contributed by atoms with van der Waals surface area (Å²) in [7, 11) is 1.75. The number of phenolic OH excluding ortho intramolecular Hbond substituents is 1. The molecule has 2 aromatic rings. The van der Waals surface area contributed by atoms with Gasteiger partial charge in [0.15, 0.2) is 11.7 Å². The van der Waals surface area contributed by atoms with Crippen molar-refractivity contribution in [1.29, 1.82) is 0 Å². The molecule has 152 valence electrons. The number of aromatic hydroxyl groups is 1. The third-order valence-corrected chi connectivity index (χ3v) is 4.45. The van der Waals surface area contributed by atoms with Crippen molar-refractivity contribution < 1.29 is 14.3 Å². The second-order valence-electron chi connectivity index (χ2n) is 6.17. The molecule has 0 unspecified atom stereocenters. The summed E-state index contributed by atoms with van der Waals surface area (Å²) in [5.74, 6) is 1.19. The van der Waals surface area contributed by atoms with Gasteiger partial charge in [0, 0.05) is 46.3 Å². The fourth-order valence-corrected chi connectivity index (χ4v) is 3.07. The van der Waals surface area contributed by atoms with Crippen molar-refractivity contribution >= 4 is 41.5 Å². The Kier molecular flexibility index (Phi) is 8.42. The number of hydrogen-bond acceptors (Lipinski definition) is 5. The molecule has 2 heterocycles. The number of rotatable bonds is 5. The van der Waals surface area contributed by atoms with Crippen molar-refractivity contribution in [2.24, 2.45) is 4.99 Å². The lowest BCUT2D eigenvalue weighted by molar-refractivity contribution is 0.0926. The lowest BCUT2D eigenvalue weighted by Gasteiger charge is -2.37. The highest BCUT2D eigenvalue weighted by atomic mass is 127. The molecule has 0 spiro atoms. The van der Waals surface area contributed by atoms with Gasteiger partial charge in [-0.3, -0.25) is 9.79 Å². The minimum atomic E-state index is -0.229. The van der Waals surface area contributed by atoms with E-state index in [-0.39, 0.29) is 29.9 Å². The maximum Gasteiger partial charge on any atom is 0.287 e. The molecular formula is C19H26IN5O3. The number of carbonyl (C=O) groups is 1. The Labute approximate surface area is 181 Å². The largest absolute Gasteiger partial charge is 0.506 e. The second-order valence-corrected chi connectivity index (χ2v) is 6.17. The molecule has 0 bridgehead atoms. The van der Waals surface area contributed by atoms with E-state index in [2.05, 4.69) is 25.4 Å². The zero-order valence-corrected chi connectivity index (χ0v) is 18.1. The predicted molar refractivity (Wildman–Crippen MR) is 120 cm³/mol. The normalized spacial score (nSPS) is 14.4. The first-order valence-electron chi connectivity index (χ1n) is 8.99. The molecule has 1 aliphatic rings. The van der Waals surface area contributed by atoms with Crippen LogP contribution in [0.25, 0.3) is 0 Å². The Morgan fingerprint density at radius 1 is 1.11 bits per heavy atom. The van der Waals surface area contributed by atoms with Crippen molar-refractivity contribution in [3.05, 3.63) is 48.4 Å². The Morgan fingerprint density at radius 2 is 1.82 bits per heavy atom. The monoisotopic (exact) mass is 499 g/mol. The van der Waals surface area contributed by atoms with Gasteiger partial charge in [0.1, 0.15) is 5.75 Å². The molecule has 3 rings (SSSR count). The minimum Gasteiger partial charge on any atom is -0.506 e. The van der Waals surface area contributed by atoms with Gasteiger partial charge >= 0.3 is 0 Å². The smallest absolute Gasteiger partial charge is 0.287 e. The summed E-state index contributed by atoms with van der Waals surface area (Å²) in [6.07, 6.45) is 1.48. The lowest BCUT2D eigenvalue weighted by Crippen LogP contribution is -2.53. The number of furan rings is 1. The van der Waals surface area contributed by atoms with Crippen LogP contribution in [0.3, 0.4) is 0 Å². The number of guanidine groups is 1. The first-order valence-corrected chi connectivity index (χ1v) is 8.99. The molecule has 1 aliphatic heterocycles. The first-order chi connectivity index (χ1) is 13.2. The van der Waals surface area contributed by atoms with Gasteiger partial charge in [-0.2, -0.15) is 0 Å². The molecule has 0 atom stereocenters. The Hall–Kier alpha value is -2.43. The number of para-hydroxylation sites is 2. The highest BCUT2D eigenvalue weighted by Gasteiger charge is 2.21. The molecule has 0 aliphatic carbocycles. The van der Waals surface area contributed by atoms with Crippen LogP contribution in [0.1, 0.15) is 10.6 Å². The number of aliphatic imine (C=N–C) groups is 1. The third-order valence-electron chi connectivity index (χ3n) is 4.45. The first kappa shape index (κ1) is 21.9. The number of nitrogens with one attached hydrogen (secondary N) is 2. The Morgan fingerprint density at radius 3 is 2.46 bits per heavy atom. The number of carbonyl (C=O) groups excluding carboxylic acids is 1. The van der Waals surface area contributed by atoms with Crippen LogP contribution in [0, 0.1) is 0 Å². The summed E-state index contributed by atoms with van der Waals surface area (Å²) in [5, 5.41) is 16.1. The maximum atomic E-state index is 11.8. The molecule has 1 amide bonds. The molecule has 1 aromatic heterocycles. The maximum absolute atomic E-state index is 11.8. The molecule has 1 saturated heterocycles. The number of benzene rings is 1. The van der Waals surface area contributed by atoms with Crippen molar-refractivity contribution in [2.75, 3.05) is 51.2 Å². The molecule has 8 nitrogen and oxygen atoms in total. The fraction of sp³-hybridized carbons (Fsp3) is 0.368. The van der Waals surface area contributed by atoms with Gasteiger partial charge in [-0.25, -0.2) is 0 Å². The van der Waals surface area contributed by atoms with Gasteiger partial charge in [0.05, 0.1) is 12.0 Å². The van der Waals surface area contributed by atoms with Gasteiger partial charge in [0.25, 0.3) is 5.91 Å². The summed E-state index contributed by atoms with van der Waals surface area (Å²) in [4.78, 5) is 20.5. The van der Waals surface area contributed by atoms with E-state index in [4.69, 9.17) is 4.42 Å². The van der Waals surface area contributed by atoms with Gasteiger partial charge < -0.3 is 30.0 Å². The van der Waals surface area contributed by atoms with E-state index in [1.807, 2.05) is 18.2 Å². The summed E-state index contributed by atoms with van der Waals surface area (Å²) >= 11 is 0. The van der Waals surface area contributed by atoms with Crippen LogP contribution in [0.15, 0.2) is 52.1 Å². The predicted octanol–water partition coefficient (Wildman–Crippen LogP) is 1.73. The molecule has 1 aromatic carbocycles. The van der Waals surface area contributed by atoms with Crippen molar-refractivity contribution in [3.63, 3.8) is 0 Å². The summed E-state index contributed by atoms with van der Waals surface area (Å²) in [6.45, 7) is 4.23. The van der Waals surface area contributed by atoms with Crippen LogP contribution in [-0.2, 0) is 0 Å². The van der Waals surface area contributed by atoms with Crippen LogP contribution < -0.4 is 15.5 Å². The average molecular weight is 499 g/mol. The Balaban J connectivity index is 0.00000280. The molecule has 28 heavy (non-hydrogen) atoms. The fourth-order valence-electron chi connectivity index (χ4n) is 3.07. The number of phenols is 1. The van der Waals surface area contributed by atoms with Gasteiger partial charge in [-0.05, 0) is 24.3 Å². The number of anilines is 1. The number of nitrogens with zero attached hydrogens (tertiary/aromatic N) is 3. The molecule has 3 N–H and O–H groups in total. The second kappa shape index (κ2) is 10.8. The zero-order chi connectivity index (χ0) is 19.1. The highest BCUT2D eigenvalue weighted by Crippen LogP contribution is 2.27. The van der Waals surface area contributed by atoms with Gasteiger partial charge in [-0.15, -0.1) is 24.0 Å². The molecule has 0 radical (unpaired) electrons. The van der Waals surface area contributed by atoms with Gasteiger partial charge in [-0.1, -0.05) is 12.1 Å². The molecule has 1 fully saturated rings. The SMILES string of the molecule is CN=C(NCCNC(=O)c1ccco1)N1CCN(c2ccccc2O)CC1.I. The van der Waals surface area contributed by atoms with E-state index in [9.17, 15) is 9.90 Å². The van der Waals surface area contributed by atoms with Crippen molar-refractivity contribution in [1.82, 2.24) is 15.5 Å². The standard InChI is InChI=1S/C19H25N5O3.HI/c1-20-19(22-9-8-21-18(26)17-7-4-14-27-17)24-12-10-23(11-13-24)15-5-2-3-6-16(15)25;/h2-7,14,25H,8-13H2,1H3,(H,20,22)(H,21,26);1H. The highest BCUT2D eigenvalue weighted by molar-refractivity contribution is 14.0. The van der Waals surface area contributed by atoms with E-state index >= 15 is 0 Å². The van der Waals surface area contributed by atoms with E-state index in [1.165, 1.54) is 6.26 Å². The van der Waals surface area contributed by atoms with E-state index in [0.717, 1.165) is 37.8 Å². The number of hydrogen-bond donors (Lipinski definition) is 3. The number of amides is 1. The number of halogens is 1. The Bertz CT molecular complexity index is 774. The van der Waals surface area contributed by atoms with Crippen LogP contribution in [0.2, 0.25) is 0 Å². The average Bonchev–Trinajstić information content (AvgIpc) is 3.24. The number of piperazine rings is 1.